The standard InChI is InChI=1S/C16H25N3O/c1-11-8-13(6-7-14(11)17-3)16(20)19-9-12(2)15(10-19)18(4)5/h6-8,12,15,17H,9-10H2,1-5H3. The lowest BCUT2D eigenvalue weighted by Crippen LogP contribution is -2.35. The number of rotatable bonds is 3. The van der Waals surface area contributed by atoms with Gasteiger partial charge in [-0.25, -0.2) is 0 Å². The van der Waals surface area contributed by atoms with E-state index in [0.717, 1.165) is 29.9 Å². The van der Waals surface area contributed by atoms with Crippen LogP contribution in [-0.2, 0) is 0 Å². The van der Waals surface area contributed by atoms with Gasteiger partial charge in [-0.1, -0.05) is 6.92 Å². The van der Waals surface area contributed by atoms with Crippen molar-refractivity contribution in [2.75, 3.05) is 39.5 Å². The summed E-state index contributed by atoms with van der Waals surface area (Å²) in [5.41, 5.74) is 2.96. The molecule has 2 unspecified atom stereocenters. The minimum absolute atomic E-state index is 0.145. The average molecular weight is 275 g/mol. The second-order valence-corrected chi connectivity index (χ2v) is 6.00. The summed E-state index contributed by atoms with van der Waals surface area (Å²) < 4.78 is 0. The highest BCUT2D eigenvalue weighted by Gasteiger charge is 2.33. The fraction of sp³-hybridized carbons (Fsp3) is 0.562. The van der Waals surface area contributed by atoms with Crippen LogP contribution in [0.25, 0.3) is 0 Å². The molecule has 1 fully saturated rings. The molecule has 1 aromatic carbocycles. The number of nitrogens with zero attached hydrogens (tertiary/aromatic N) is 2. The molecule has 0 bridgehead atoms. The Morgan fingerprint density at radius 2 is 2.05 bits per heavy atom. The van der Waals surface area contributed by atoms with Crippen LogP contribution >= 0.6 is 0 Å². The molecule has 1 aliphatic rings. The normalized spacial score (nSPS) is 22.4. The quantitative estimate of drug-likeness (QED) is 0.917. The van der Waals surface area contributed by atoms with E-state index in [2.05, 4.69) is 31.2 Å². The Morgan fingerprint density at radius 1 is 1.35 bits per heavy atom. The zero-order valence-corrected chi connectivity index (χ0v) is 13.1. The summed E-state index contributed by atoms with van der Waals surface area (Å²) >= 11 is 0. The molecule has 1 heterocycles. The van der Waals surface area contributed by atoms with Gasteiger partial charge in [0.25, 0.3) is 5.91 Å². The molecule has 0 aromatic heterocycles. The van der Waals surface area contributed by atoms with Crippen molar-refractivity contribution in [3.8, 4) is 0 Å². The minimum atomic E-state index is 0.145. The summed E-state index contributed by atoms with van der Waals surface area (Å²) in [7, 11) is 6.07. The van der Waals surface area contributed by atoms with Crippen LogP contribution in [0.5, 0.6) is 0 Å². The Bertz CT molecular complexity index is 498. The van der Waals surface area contributed by atoms with E-state index in [0.29, 0.717) is 12.0 Å². The van der Waals surface area contributed by atoms with E-state index in [1.54, 1.807) is 0 Å². The van der Waals surface area contributed by atoms with Crippen LogP contribution in [0.1, 0.15) is 22.8 Å². The Morgan fingerprint density at radius 3 is 2.55 bits per heavy atom. The van der Waals surface area contributed by atoms with E-state index in [-0.39, 0.29) is 5.91 Å². The van der Waals surface area contributed by atoms with Gasteiger partial charge in [0.15, 0.2) is 0 Å². The first-order chi connectivity index (χ1) is 9.43. The molecule has 2 rings (SSSR count). The lowest BCUT2D eigenvalue weighted by atomic mass is 10.1. The van der Waals surface area contributed by atoms with Gasteiger partial charge in [0.1, 0.15) is 0 Å². The van der Waals surface area contributed by atoms with Crippen LogP contribution < -0.4 is 5.32 Å². The summed E-state index contributed by atoms with van der Waals surface area (Å²) in [5, 5.41) is 3.13. The van der Waals surface area contributed by atoms with Crippen molar-refractivity contribution >= 4 is 11.6 Å². The topological polar surface area (TPSA) is 35.6 Å². The molecule has 4 heteroatoms. The van der Waals surface area contributed by atoms with E-state index in [1.165, 1.54) is 0 Å². The number of benzene rings is 1. The zero-order valence-electron chi connectivity index (χ0n) is 13.1. The van der Waals surface area contributed by atoms with Crippen LogP contribution in [-0.4, -0.2) is 56.0 Å². The van der Waals surface area contributed by atoms with E-state index in [9.17, 15) is 4.79 Å². The molecule has 1 aliphatic heterocycles. The van der Waals surface area contributed by atoms with Crippen molar-refractivity contribution in [3.63, 3.8) is 0 Å². The predicted octanol–water partition coefficient (Wildman–Crippen LogP) is 2.06. The maximum Gasteiger partial charge on any atom is 0.253 e. The molecule has 0 radical (unpaired) electrons. The van der Waals surface area contributed by atoms with E-state index in [1.807, 2.05) is 37.1 Å². The lowest BCUT2D eigenvalue weighted by molar-refractivity contribution is 0.0781. The van der Waals surface area contributed by atoms with Gasteiger partial charge in [-0.2, -0.15) is 0 Å². The third-order valence-electron chi connectivity index (χ3n) is 4.27. The minimum Gasteiger partial charge on any atom is -0.388 e. The molecule has 2 atom stereocenters. The number of likely N-dealkylation sites (tertiary alicyclic amines) is 1. The van der Waals surface area contributed by atoms with Gasteiger partial charge >= 0.3 is 0 Å². The van der Waals surface area contributed by atoms with E-state index in [4.69, 9.17) is 0 Å². The molecule has 1 N–H and O–H groups in total. The Hall–Kier alpha value is -1.55. The molecule has 1 aromatic rings. The summed E-state index contributed by atoms with van der Waals surface area (Å²) in [6, 6.07) is 6.32. The maximum absolute atomic E-state index is 12.6. The number of amides is 1. The predicted molar refractivity (Wildman–Crippen MR) is 83.3 cm³/mol. The molecular weight excluding hydrogens is 250 g/mol. The second kappa shape index (κ2) is 5.83. The smallest absolute Gasteiger partial charge is 0.253 e. The lowest BCUT2D eigenvalue weighted by Gasteiger charge is -2.22. The second-order valence-electron chi connectivity index (χ2n) is 6.00. The van der Waals surface area contributed by atoms with Crippen molar-refractivity contribution in [1.82, 2.24) is 9.80 Å². The number of likely N-dealkylation sites (N-methyl/N-ethyl adjacent to an activating group) is 1. The molecular formula is C16H25N3O. The van der Waals surface area contributed by atoms with Gasteiger partial charge in [-0.05, 0) is 50.7 Å². The molecule has 0 aliphatic carbocycles. The van der Waals surface area contributed by atoms with Crippen molar-refractivity contribution < 1.29 is 4.79 Å². The van der Waals surface area contributed by atoms with Crippen molar-refractivity contribution in [2.45, 2.75) is 19.9 Å². The molecule has 0 saturated carbocycles. The first-order valence-corrected chi connectivity index (χ1v) is 7.18. The Kier molecular flexibility index (Phi) is 4.33. The van der Waals surface area contributed by atoms with Gasteiger partial charge in [-0.3, -0.25) is 4.79 Å². The fourth-order valence-electron chi connectivity index (χ4n) is 3.05. The first-order valence-electron chi connectivity index (χ1n) is 7.18. The fourth-order valence-corrected chi connectivity index (χ4v) is 3.05. The van der Waals surface area contributed by atoms with Crippen molar-refractivity contribution in [1.29, 1.82) is 0 Å². The van der Waals surface area contributed by atoms with Crippen LogP contribution in [0, 0.1) is 12.8 Å². The number of anilines is 1. The van der Waals surface area contributed by atoms with Crippen LogP contribution in [0.3, 0.4) is 0 Å². The van der Waals surface area contributed by atoms with Crippen LogP contribution in [0.4, 0.5) is 5.69 Å². The highest BCUT2D eigenvalue weighted by molar-refractivity contribution is 5.95. The highest BCUT2D eigenvalue weighted by atomic mass is 16.2. The summed E-state index contributed by atoms with van der Waals surface area (Å²) in [6.45, 7) is 5.90. The summed E-state index contributed by atoms with van der Waals surface area (Å²) in [5.74, 6) is 0.665. The highest BCUT2D eigenvalue weighted by Crippen LogP contribution is 2.23. The molecule has 0 spiro atoms. The zero-order chi connectivity index (χ0) is 14.9. The monoisotopic (exact) mass is 275 g/mol. The van der Waals surface area contributed by atoms with Crippen LogP contribution in [0.15, 0.2) is 18.2 Å². The number of carbonyl (C=O) groups is 1. The average Bonchev–Trinajstić information content (AvgIpc) is 2.80. The molecule has 1 amide bonds. The summed E-state index contributed by atoms with van der Waals surface area (Å²) in [6.07, 6.45) is 0. The Balaban J connectivity index is 2.14. The largest absolute Gasteiger partial charge is 0.388 e. The molecule has 1 saturated heterocycles. The van der Waals surface area contributed by atoms with Crippen LogP contribution in [0.2, 0.25) is 0 Å². The van der Waals surface area contributed by atoms with Gasteiger partial charge < -0.3 is 15.1 Å². The van der Waals surface area contributed by atoms with Crippen molar-refractivity contribution in [2.24, 2.45) is 5.92 Å². The first kappa shape index (κ1) is 14.9. The van der Waals surface area contributed by atoms with Gasteiger partial charge in [-0.15, -0.1) is 0 Å². The Labute approximate surface area is 121 Å². The maximum atomic E-state index is 12.6. The van der Waals surface area contributed by atoms with Gasteiger partial charge in [0.2, 0.25) is 0 Å². The summed E-state index contributed by atoms with van der Waals surface area (Å²) in [4.78, 5) is 16.8. The third kappa shape index (κ3) is 2.80. The number of nitrogens with one attached hydrogen (secondary N) is 1. The molecule has 20 heavy (non-hydrogen) atoms. The molecule has 4 nitrogen and oxygen atoms in total. The van der Waals surface area contributed by atoms with E-state index < -0.39 is 0 Å². The third-order valence-corrected chi connectivity index (χ3v) is 4.27. The van der Waals surface area contributed by atoms with Gasteiger partial charge in [0.05, 0.1) is 0 Å². The van der Waals surface area contributed by atoms with E-state index >= 15 is 0 Å². The SMILES string of the molecule is CNc1ccc(C(=O)N2CC(C)C(N(C)C)C2)cc1C. The number of hydrogen-bond acceptors (Lipinski definition) is 3. The van der Waals surface area contributed by atoms with Gasteiger partial charge in [0, 0.05) is 37.4 Å². The number of hydrogen-bond donors (Lipinski definition) is 1. The van der Waals surface area contributed by atoms with Crippen molar-refractivity contribution in [3.05, 3.63) is 29.3 Å². The molecule has 110 valence electrons. The number of aryl methyl sites for hydroxylation is 1. The number of carbonyl (C=O) groups excluding carboxylic acids is 1.